The highest BCUT2D eigenvalue weighted by Crippen LogP contribution is 2.26. The van der Waals surface area contributed by atoms with Gasteiger partial charge in [-0.3, -0.25) is 4.79 Å². The van der Waals surface area contributed by atoms with Crippen LogP contribution in [0.4, 0.5) is 8.78 Å². The Morgan fingerprint density at radius 3 is 2.80 bits per heavy atom. The van der Waals surface area contributed by atoms with Gasteiger partial charge in [-0.1, -0.05) is 17.7 Å². The molecular weight excluding hydrogens is 290 g/mol. The number of alkyl halides is 2. The molecule has 0 aliphatic rings. The highest BCUT2D eigenvalue weighted by molar-refractivity contribution is 6.32. The number of carbonyl (C=O) groups excluding carboxylic acids is 1. The summed E-state index contributed by atoms with van der Waals surface area (Å²) >= 11 is 5.92. The molecule has 0 heterocycles. The van der Waals surface area contributed by atoms with E-state index in [2.05, 4.69) is 5.32 Å². The van der Waals surface area contributed by atoms with Gasteiger partial charge in [0.2, 0.25) is 0 Å². The van der Waals surface area contributed by atoms with E-state index in [9.17, 15) is 13.6 Å². The molecule has 1 unspecified atom stereocenters. The first-order valence-electron chi connectivity index (χ1n) is 6.03. The van der Waals surface area contributed by atoms with E-state index in [1.54, 1.807) is 18.2 Å². The molecule has 1 amide bonds. The largest absolute Gasteiger partial charge is 0.479 e. The summed E-state index contributed by atoms with van der Waals surface area (Å²) < 4.78 is 31.2. The summed E-state index contributed by atoms with van der Waals surface area (Å²) in [5.41, 5.74) is 5.79. The number of carbonyl (C=O) groups is 1. The van der Waals surface area contributed by atoms with Crippen LogP contribution in [0.1, 0.15) is 12.5 Å². The predicted molar refractivity (Wildman–Crippen MR) is 73.3 cm³/mol. The van der Waals surface area contributed by atoms with Gasteiger partial charge in [0, 0.05) is 0 Å². The van der Waals surface area contributed by atoms with Crippen molar-refractivity contribution in [2.24, 2.45) is 5.73 Å². The molecule has 112 valence electrons. The normalized spacial score (nSPS) is 12.9. The van der Waals surface area contributed by atoms with Crippen LogP contribution in [-0.4, -0.2) is 31.0 Å². The van der Waals surface area contributed by atoms with Crippen molar-refractivity contribution >= 4 is 17.5 Å². The molecular formula is C13H17ClF2N2O2. The fourth-order valence-corrected chi connectivity index (χ4v) is 1.54. The van der Waals surface area contributed by atoms with Crippen molar-refractivity contribution in [1.29, 1.82) is 0 Å². The molecule has 0 aromatic heterocycles. The third-order valence-corrected chi connectivity index (χ3v) is 2.89. The lowest BCUT2D eigenvalue weighted by Crippen LogP contribution is -2.45. The number of amides is 1. The monoisotopic (exact) mass is 306 g/mol. The number of hydrogen-bond donors (Lipinski definition) is 2. The lowest BCUT2D eigenvalue weighted by molar-refractivity contribution is -0.129. The molecule has 1 atom stereocenters. The zero-order valence-electron chi connectivity index (χ0n) is 11.3. The van der Waals surface area contributed by atoms with Crippen molar-refractivity contribution in [3.05, 3.63) is 28.8 Å². The zero-order valence-corrected chi connectivity index (χ0v) is 12.0. The number of rotatable bonds is 6. The fraction of sp³-hybridized carbons (Fsp3) is 0.462. The standard InChI is InChI=1S/C13H17ClF2N2O2/c1-8-3-4-10(14)11(5-8)20-9(2)12(19)18-7-13(15,16)6-17/h3-5,9H,6-7,17H2,1-2H3,(H,18,19). The van der Waals surface area contributed by atoms with E-state index >= 15 is 0 Å². The van der Waals surface area contributed by atoms with E-state index in [1.807, 2.05) is 6.92 Å². The van der Waals surface area contributed by atoms with Gasteiger partial charge in [-0.15, -0.1) is 0 Å². The van der Waals surface area contributed by atoms with E-state index in [1.165, 1.54) is 6.92 Å². The number of nitrogens with two attached hydrogens (primary N) is 1. The average molecular weight is 307 g/mol. The number of aryl methyl sites for hydroxylation is 1. The van der Waals surface area contributed by atoms with Crippen molar-refractivity contribution in [2.75, 3.05) is 13.1 Å². The van der Waals surface area contributed by atoms with Crippen molar-refractivity contribution in [3.8, 4) is 5.75 Å². The maximum absolute atomic E-state index is 12.9. The first kappa shape index (κ1) is 16.7. The summed E-state index contributed by atoms with van der Waals surface area (Å²) in [4.78, 5) is 11.7. The molecule has 0 radical (unpaired) electrons. The molecule has 4 nitrogen and oxygen atoms in total. The Balaban J connectivity index is 2.60. The van der Waals surface area contributed by atoms with Gasteiger partial charge < -0.3 is 15.8 Å². The number of hydrogen-bond acceptors (Lipinski definition) is 3. The number of benzene rings is 1. The molecule has 1 rings (SSSR count). The van der Waals surface area contributed by atoms with E-state index in [-0.39, 0.29) is 0 Å². The van der Waals surface area contributed by atoms with Crippen LogP contribution >= 0.6 is 11.6 Å². The van der Waals surface area contributed by atoms with Crippen LogP contribution < -0.4 is 15.8 Å². The second kappa shape index (κ2) is 6.85. The molecule has 7 heteroatoms. The summed E-state index contributed by atoms with van der Waals surface area (Å²) in [6.07, 6.45) is -0.942. The summed E-state index contributed by atoms with van der Waals surface area (Å²) in [5.74, 6) is -3.45. The van der Waals surface area contributed by atoms with Crippen molar-refractivity contribution in [2.45, 2.75) is 25.9 Å². The number of nitrogens with one attached hydrogen (secondary N) is 1. The van der Waals surface area contributed by atoms with Gasteiger partial charge in [0.25, 0.3) is 11.8 Å². The second-order valence-electron chi connectivity index (χ2n) is 4.47. The molecule has 0 saturated heterocycles. The smallest absolute Gasteiger partial charge is 0.277 e. The second-order valence-corrected chi connectivity index (χ2v) is 4.88. The van der Waals surface area contributed by atoms with Gasteiger partial charge in [0.1, 0.15) is 5.75 Å². The van der Waals surface area contributed by atoms with Gasteiger partial charge >= 0.3 is 0 Å². The van der Waals surface area contributed by atoms with E-state index < -0.39 is 31.0 Å². The van der Waals surface area contributed by atoms with Crippen LogP contribution in [0.5, 0.6) is 5.75 Å². The summed E-state index contributed by atoms with van der Waals surface area (Å²) in [6, 6.07) is 5.10. The Hall–Kier alpha value is -1.40. The quantitative estimate of drug-likeness (QED) is 0.846. The molecule has 0 bridgehead atoms. The van der Waals surface area contributed by atoms with Gasteiger partial charge in [-0.25, -0.2) is 8.78 Å². The molecule has 1 aromatic rings. The van der Waals surface area contributed by atoms with Crippen LogP contribution in [0.25, 0.3) is 0 Å². The van der Waals surface area contributed by atoms with Crippen LogP contribution in [0.15, 0.2) is 18.2 Å². The molecule has 0 aliphatic heterocycles. The first-order chi connectivity index (χ1) is 9.25. The fourth-order valence-electron chi connectivity index (χ4n) is 1.38. The van der Waals surface area contributed by atoms with Crippen LogP contribution in [0, 0.1) is 6.92 Å². The molecule has 0 aliphatic carbocycles. The maximum Gasteiger partial charge on any atom is 0.277 e. The molecule has 0 spiro atoms. The Kier molecular flexibility index (Phi) is 5.71. The predicted octanol–water partition coefficient (Wildman–Crippen LogP) is 2.13. The molecule has 3 N–H and O–H groups in total. The highest BCUT2D eigenvalue weighted by atomic mass is 35.5. The summed E-state index contributed by atoms with van der Waals surface area (Å²) in [7, 11) is 0. The highest BCUT2D eigenvalue weighted by Gasteiger charge is 2.28. The summed E-state index contributed by atoms with van der Waals surface area (Å²) in [6.45, 7) is 1.65. The van der Waals surface area contributed by atoms with Gasteiger partial charge in [0.15, 0.2) is 6.10 Å². The van der Waals surface area contributed by atoms with Gasteiger partial charge in [-0.05, 0) is 31.5 Å². The van der Waals surface area contributed by atoms with E-state index in [0.29, 0.717) is 10.8 Å². The lowest BCUT2D eigenvalue weighted by Gasteiger charge is -2.18. The Morgan fingerprint density at radius 2 is 2.20 bits per heavy atom. The molecule has 20 heavy (non-hydrogen) atoms. The average Bonchev–Trinajstić information content (AvgIpc) is 2.40. The van der Waals surface area contributed by atoms with Crippen LogP contribution in [-0.2, 0) is 4.79 Å². The van der Waals surface area contributed by atoms with E-state index in [4.69, 9.17) is 22.1 Å². The zero-order chi connectivity index (χ0) is 15.3. The third-order valence-electron chi connectivity index (χ3n) is 2.58. The van der Waals surface area contributed by atoms with Gasteiger partial charge in [0.05, 0.1) is 18.1 Å². The van der Waals surface area contributed by atoms with Crippen molar-refractivity contribution in [1.82, 2.24) is 5.32 Å². The topological polar surface area (TPSA) is 64.3 Å². The lowest BCUT2D eigenvalue weighted by atomic mass is 10.2. The van der Waals surface area contributed by atoms with Crippen molar-refractivity contribution in [3.63, 3.8) is 0 Å². The van der Waals surface area contributed by atoms with Crippen molar-refractivity contribution < 1.29 is 18.3 Å². The summed E-state index contributed by atoms with van der Waals surface area (Å²) in [5, 5.41) is 2.44. The number of halogens is 3. The molecule has 0 fully saturated rings. The molecule has 1 aromatic carbocycles. The minimum atomic E-state index is -3.13. The number of ether oxygens (including phenoxy) is 1. The maximum atomic E-state index is 12.9. The first-order valence-corrected chi connectivity index (χ1v) is 6.41. The molecule has 0 saturated carbocycles. The Morgan fingerprint density at radius 1 is 1.55 bits per heavy atom. The SMILES string of the molecule is Cc1ccc(Cl)c(OC(C)C(=O)NCC(F)(F)CN)c1. The third kappa shape index (κ3) is 4.94. The van der Waals surface area contributed by atoms with Gasteiger partial charge in [-0.2, -0.15) is 0 Å². The van der Waals surface area contributed by atoms with E-state index in [0.717, 1.165) is 5.56 Å². The van der Waals surface area contributed by atoms with Crippen LogP contribution in [0.3, 0.4) is 0 Å². The Labute approximate surface area is 121 Å². The minimum Gasteiger partial charge on any atom is -0.479 e. The Bertz CT molecular complexity index is 483. The minimum absolute atomic E-state index is 0.333. The van der Waals surface area contributed by atoms with Crippen LogP contribution in [0.2, 0.25) is 5.02 Å².